The molecule has 86 valence electrons. The lowest BCUT2D eigenvalue weighted by Gasteiger charge is -2.22. The molecule has 2 saturated carbocycles. The van der Waals surface area contributed by atoms with Crippen LogP contribution in [0.5, 0.6) is 0 Å². The van der Waals surface area contributed by atoms with Crippen molar-refractivity contribution in [3.63, 3.8) is 0 Å². The third-order valence-corrected chi connectivity index (χ3v) is 3.93. The van der Waals surface area contributed by atoms with Crippen LogP contribution in [0.3, 0.4) is 0 Å². The van der Waals surface area contributed by atoms with Crippen molar-refractivity contribution < 1.29 is 9.90 Å². The Bertz CT molecular complexity index is 230. The van der Waals surface area contributed by atoms with Gasteiger partial charge in [0.1, 0.15) is 0 Å². The molecule has 3 heteroatoms. The number of carboxylic acid groups (broad SMARTS) is 1. The Kier molecular flexibility index (Phi) is 3.29. The van der Waals surface area contributed by atoms with Crippen LogP contribution >= 0.6 is 0 Å². The maximum atomic E-state index is 10.9. The minimum absolute atomic E-state index is 0.394. The van der Waals surface area contributed by atoms with E-state index in [0.29, 0.717) is 6.54 Å². The largest absolute Gasteiger partial charge is 0.481 e. The van der Waals surface area contributed by atoms with Gasteiger partial charge in [0.25, 0.3) is 0 Å². The summed E-state index contributed by atoms with van der Waals surface area (Å²) in [5, 5.41) is 12.4. The van der Waals surface area contributed by atoms with E-state index in [0.717, 1.165) is 25.3 Å². The number of nitrogens with one attached hydrogen (secondary N) is 1. The average Bonchev–Trinajstić information content (AvgIpc) is 3.01. The number of rotatable bonds is 5. The van der Waals surface area contributed by atoms with Gasteiger partial charge >= 0.3 is 5.97 Å². The predicted molar refractivity (Wildman–Crippen MR) is 58.7 cm³/mol. The van der Waals surface area contributed by atoms with E-state index in [9.17, 15) is 4.79 Å². The molecule has 0 unspecified atom stereocenters. The Balaban J connectivity index is 1.64. The van der Waals surface area contributed by atoms with Gasteiger partial charge in [-0.25, -0.2) is 0 Å². The molecule has 0 bridgehead atoms. The second kappa shape index (κ2) is 4.52. The highest BCUT2D eigenvalue weighted by Gasteiger charge is 2.49. The van der Waals surface area contributed by atoms with Crippen LogP contribution in [0.15, 0.2) is 0 Å². The summed E-state index contributed by atoms with van der Waals surface area (Å²) < 4.78 is 0. The van der Waals surface area contributed by atoms with Crippen molar-refractivity contribution in [3.05, 3.63) is 0 Å². The first-order chi connectivity index (χ1) is 7.23. The molecule has 2 N–H and O–H groups in total. The minimum atomic E-state index is -0.612. The monoisotopic (exact) mass is 211 g/mol. The standard InChI is InChI=1S/C12H21NO2/c14-11(15)12(6-7-12)9-13-8-10-4-2-1-3-5-10/h10,13H,1-9H2,(H,14,15). The second-order valence-electron chi connectivity index (χ2n) is 5.22. The Morgan fingerprint density at radius 3 is 2.47 bits per heavy atom. The summed E-state index contributed by atoms with van der Waals surface area (Å²) >= 11 is 0. The van der Waals surface area contributed by atoms with Gasteiger partial charge in [0.05, 0.1) is 5.41 Å². The summed E-state index contributed by atoms with van der Waals surface area (Å²) in [6, 6.07) is 0. The highest BCUT2D eigenvalue weighted by atomic mass is 16.4. The van der Waals surface area contributed by atoms with Gasteiger partial charge in [-0.15, -0.1) is 0 Å². The van der Waals surface area contributed by atoms with E-state index in [1.807, 2.05) is 0 Å². The number of carbonyl (C=O) groups is 1. The van der Waals surface area contributed by atoms with Gasteiger partial charge in [-0.05, 0) is 38.1 Å². The second-order valence-corrected chi connectivity index (χ2v) is 5.22. The van der Waals surface area contributed by atoms with E-state index < -0.39 is 11.4 Å². The first kappa shape index (κ1) is 10.9. The normalized spacial score (nSPS) is 25.1. The lowest BCUT2D eigenvalue weighted by atomic mass is 9.89. The molecule has 2 fully saturated rings. The van der Waals surface area contributed by atoms with Crippen LogP contribution in [0.2, 0.25) is 0 Å². The summed E-state index contributed by atoms with van der Waals surface area (Å²) in [6.45, 7) is 1.70. The lowest BCUT2D eigenvalue weighted by Crippen LogP contribution is -2.33. The van der Waals surface area contributed by atoms with Gasteiger partial charge in [-0.1, -0.05) is 19.3 Å². The van der Waals surface area contributed by atoms with Crippen molar-refractivity contribution >= 4 is 5.97 Å². The maximum absolute atomic E-state index is 10.9. The van der Waals surface area contributed by atoms with E-state index in [2.05, 4.69) is 5.32 Å². The molecular weight excluding hydrogens is 190 g/mol. The van der Waals surface area contributed by atoms with Gasteiger partial charge in [0, 0.05) is 6.54 Å². The predicted octanol–water partition coefficient (Wildman–Crippen LogP) is 2.02. The molecule has 0 aromatic rings. The first-order valence-corrected chi connectivity index (χ1v) is 6.17. The minimum Gasteiger partial charge on any atom is -0.481 e. The summed E-state index contributed by atoms with van der Waals surface area (Å²) in [5.41, 5.74) is -0.394. The van der Waals surface area contributed by atoms with Crippen LogP contribution in [0.25, 0.3) is 0 Å². The topological polar surface area (TPSA) is 49.3 Å². The molecule has 0 atom stereocenters. The molecule has 0 aromatic heterocycles. The molecule has 0 aliphatic heterocycles. The fourth-order valence-corrected chi connectivity index (χ4v) is 2.52. The molecule has 2 aliphatic carbocycles. The summed E-state index contributed by atoms with van der Waals surface area (Å²) in [7, 11) is 0. The van der Waals surface area contributed by atoms with Crippen molar-refractivity contribution in [1.82, 2.24) is 5.32 Å². The van der Waals surface area contributed by atoms with Crippen LogP contribution in [0.4, 0.5) is 0 Å². The van der Waals surface area contributed by atoms with E-state index in [4.69, 9.17) is 5.11 Å². The van der Waals surface area contributed by atoms with Gasteiger partial charge in [-0.2, -0.15) is 0 Å². The Morgan fingerprint density at radius 2 is 1.93 bits per heavy atom. The van der Waals surface area contributed by atoms with Crippen molar-refractivity contribution in [3.8, 4) is 0 Å². The van der Waals surface area contributed by atoms with Crippen LogP contribution in [0, 0.1) is 11.3 Å². The first-order valence-electron chi connectivity index (χ1n) is 6.17. The van der Waals surface area contributed by atoms with Crippen LogP contribution in [-0.2, 0) is 4.79 Å². The number of hydrogen-bond donors (Lipinski definition) is 2. The van der Waals surface area contributed by atoms with Crippen molar-refractivity contribution in [1.29, 1.82) is 0 Å². The molecule has 3 nitrogen and oxygen atoms in total. The summed E-state index contributed by atoms with van der Waals surface area (Å²) in [4.78, 5) is 10.9. The van der Waals surface area contributed by atoms with E-state index in [-0.39, 0.29) is 0 Å². The fraction of sp³-hybridized carbons (Fsp3) is 0.917. The molecule has 0 amide bonds. The zero-order valence-corrected chi connectivity index (χ0v) is 9.30. The Hall–Kier alpha value is -0.570. The Morgan fingerprint density at radius 1 is 1.27 bits per heavy atom. The summed E-state index contributed by atoms with van der Waals surface area (Å²) in [6.07, 6.45) is 8.47. The number of hydrogen-bond acceptors (Lipinski definition) is 2. The Labute approximate surface area is 91.2 Å². The molecule has 0 aromatic carbocycles. The molecule has 2 aliphatic rings. The quantitative estimate of drug-likeness (QED) is 0.731. The molecule has 15 heavy (non-hydrogen) atoms. The van der Waals surface area contributed by atoms with Crippen molar-refractivity contribution in [2.75, 3.05) is 13.1 Å². The molecule has 0 radical (unpaired) electrons. The van der Waals surface area contributed by atoms with Crippen LogP contribution in [0.1, 0.15) is 44.9 Å². The highest BCUT2D eigenvalue weighted by Crippen LogP contribution is 2.45. The number of aliphatic carboxylic acids is 1. The van der Waals surface area contributed by atoms with Gasteiger partial charge < -0.3 is 10.4 Å². The molecule has 2 rings (SSSR count). The molecule has 0 spiro atoms. The smallest absolute Gasteiger partial charge is 0.310 e. The van der Waals surface area contributed by atoms with E-state index >= 15 is 0 Å². The average molecular weight is 211 g/mol. The van der Waals surface area contributed by atoms with E-state index in [1.165, 1.54) is 32.1 Å². The highest BCUT2D eigenvalue weighted by molar-refractivity contribution is 5.78. The number of carboxylic acids is 1. The zero-order valence-electron chi connectivity index (χ0n) is 9.30. The third-order valence-electron chi connectivity index (χ3n) is 3.93. The van der Waals surface area contributed by atoms with Gasteiger partial charge in [0.2, 0.25) is 0 Å². The summed E-state index contributed by atoms with van der Waals surface area (Å²) in [5.74, 6) is 0.182. The van der Waals surface area contributed by atoms with E-state index in [1.54, 1.807) is 0 Å². The zero-order chi connectivity index (χ0) is 10.7. The molecule has 0 saturated heterocycles. The van der Waals surface area contributed by atoms with Crippen LogP contribution < -0.4 is 5.32 Å². The van der Waals surface area contributed by atoms with Gasteiger partial charge in [0.15, 0.2) is 0 Å². The van der Waals surface area contributed by atoms with Crippen molar-refractivity contribution in [2.45, 2.75) is 44.9 Å². The fourth-order valence-electron chi connectivity index (χ4n) is 2.52. The van der Waals surface area contributed by atoms with Crippen LogP contribution in [-0.4, -0.2) is 24.2 Å². The SMILES string of the molecule is O=C(O)C1(CNCC2CCCCC2)CC1. The lowest BCUT2D eigenvalue weighted by molar-refractivity contribution is -0.143. The van der Waals surface area contributed by atoms with Gasteiger partial charge in [-0.3, -0.25) is 4.79 Å². The molecule has 0 heterocycles. The maximum Gasteiger partial charge on any atom is 0.310 e. The van der Waals surface area contributed by atoms with Crippen molar-refractivity contribution in [2.24, 2.45) is 11.3 Å². The third kappa shape index (κ3) is 2.71. The molecular formula is C12H21NO2.